The van der Waals surface area contributed by atoms with Gasteiger partial charge in [-0.25, -0.2) is 4.79 Å². The van der Waals surface area contributed by atoms with Gasteiger partial charge in [0.15, 0.2) is 0 Å². The average molecular weight is 438 g/mol. The minimum atomic E-state index is -0.368. The van der Waals surface area contributed by atoms with Gasteiger partial charge in [0.25, 0.3) is 0 Å². The average Bonchev–Trinajstić information content (AvgIpc) is 3.05. The second kappa shape index (κ2) is 7.83. The first-order valence-corrected chi connectivity index (χ1v) is 6.37. The molecule has 0 aromatic carbocycles. The van der Waals surface area contributed by atoms with Crippen molar-refractivity contribution in [1.29, 1.82) is 0 Å². The summed E-state index contributed by atoms with van der Waals surface area (Å²) in [4.78, 5) is 11.9. The molecule has 100 valence electrons. The number of carbonyl (C=O) groups is 1. The van der Waals surface area contributed by atoms with Crippen LogP contribution in [-0.4, -0.2) is 22.1 Å². The minimum Gasteiger partial charge on any atom is -0.492 e. The smallest absolute Gasteiger partial charge is 0.350 e. The van der Waals surface area contributed by atoms with Crippen LogP contribution in [0.3, 0.4) is 0 Å². The SMILES string of the molecule is CC.CCOC(=O)c1snc(O)c1C1CC1.[Pt]. The van der Waals surface area contributed by atoms with Gasteiger partial charge in [-0.05, 0) is 37.2 Å². The van der Waals surface area contributed by atoms with Crippen LogP contribution in [0.15, 0.2) is 0 Å². The molecule has 0 spiro atoms. The molecule has 0 aliphatic heterocycles. The second-order valence-electron chi connectivity index (χ2n) is 3.24. The van der Waals surface area contributed by atoms with Gasteiger partial charge in [0.2, 0.25) is 5.88 Å². The first-order chi connectivity index (χ1) is 7.74. The third-order valence-corrected chi connectivity index (χ3v) is 2.99. The Morgan fingerprint density at radius 2 is 2.12 bits per heavy atom. The molecule has 0 radical (unpaired) electrons. The van der Waals surface area contributed by atoms with Crippen molar-refractivity contribution in [1.82, 2.24) is 4.37 Å². The summed E-state index contributed by atoms with van der Waals surface area (Å²) in [6.45, 7) is 6.11. The van der Waals surface area contributed by atoms with Crippen molar-refractivity contribution in [2.45, 2.75) is 39.5 Å². The van der Waals surface area contributed by atoms with Gasteiger partial charge in [0.05, 0.1) is 6.61 Å². The molecule has 0 unspecified atom stereocenters. The van der Waals surface area contributed by atoms with E-state index in [1.807, 2.05) is 13.8 Å². The van der Waals surface area contributed by atoms with E-state index in [9.17, 15) is 9.90 Å². The van der Waals surface area contributed by atoms with Crippen LogP contribution in [0, 0.1) is 0 Å². The molecule has 0 atom stereocenters. The number of ether oxygens (including phenoxy) is 1. The van der Waals surface area contributed by atoms with Gasteiger partial charge in [-0.2, -0.15) is 4.37 Å². The molecule has 1 fully saturated rings. The summed E-state index contributed by atoms with van der Waals surface area (Å²) in [5.74, 6) is -0.0547. The van der Waals surface area contributed by atoms with Gasteiger partial charge in [0, 0.05) is 26.6 Å². The van der Waals surface area contributed by atoms with Crippen LogP contribution in [0.2, 0.25) is 0 Å². The summed E-state index contributed by atoms with van der Waals surface area (Å²) in [7, 11) is 0. The van der Waals surface area contributed by atoms with E-state index in [1.54, 1.807) is 6.92 Å². The van der Waals surface area contributed by atoms with Gasteiger partial charge in [0.1, 0.15) is 4.88 Å². The predicted octanol–water partition coefficient (Wildman–Crippen LogP) is 2.93. The number of aromatic nitrogens is 1. The number of carbonyl (C=O) groups excluding carboxylic acids is 1. The molecule has 1 aromatic heterocycles. The topological polar surface area (TPSA) is 59.4 Å². The zero-order chi connectivity index (χ0) is 12.1. The van der Waals surface area contributed by atoms with E-state index in [0.717, 1.165) is 24.4 Å². The Balaban J connectivity index is 0.000000811. The monoisotopic (exact) mass is 438 g/mol. The molecule has 2 rings (SSSR count). The minimum absolute atomic E-state index is 0. The molecule has 1 aliphatic rings. The molecule has 4 nitrogen and oxygen atoms in total. The maximum absolute atomic E-state index is 11.4. The number of esters is 1. The molecule has 1 aliphatic carbocycles. The third-order valence-electron chi connectivity index (χ3n) is 2.16. The van der Waals surface area contributed by atoms with Crippen LogP contribution in [0.25, 0.3) is 0 Å². The van der Waals surface area contributed by atoms with Gasteiger partial charge in [-0.1, -0.05) is 13.8 Å². The first-order valence-electron chi connectivity index (χ1n) is 5.59. The molecule has 0 amide bonds. The summed E-state index contributed by atoms with van der Waals surface area (Å²) in [5.41, 5.74) is 0.688. The van der Waals surface area contributed by atoms with E-state index in [0.29, 0.717) is 23.0 Å². The number of aromatic hydroxyl groups is 1. The van der Waals surface area contributed by atoms with Crippen LogP contribution < -0.4 is 0 Å². The van der Waals surface area contributed by atoms with Crippen molar-refractivity contribution in [2.75, 3.05) is 6.61 Å². The van der Waals surface area contributed by atoms with E-state index in [4.69, 9.17) is 4.74 Å². The fourth-order valence-electron chi connectivity index (χ4n) is 1.37. The summed E-state index contributed by atoms with van der Waals surface area (Å²) in [6.07, 6.45) is 2.05. The molecule has 1 aromatic rings. The first kappa shape index (κ1) is 16.6. The Hall–Kier alpha value is -0.412. The maximum atomic E-state index is 11.4. The van der Waals surface area contributed by atoms with E-state index in [1.165, 1.54) is 0 Å². The van der Waals surface area contributed by atoms with E-state index in [-0.39, 0.29) is 32.9 Å². The summed E-state index contributed by atoms with van der Waals surface area (Å²) >= 11 is 1.02. The Kier molecular flexibility index (Phi) is 7.64. The van der Waals surface area contributed by atoms with Crippen LogP contribution in [0.1, 0.15) is 54.8 Å². The molecule has 17 heavy (non-hydrogen) atoms. The van der Waals surface area contributed by atoms with E-state index >= 15 is 0 Å². The molecule has 1 saturated carbocycles. The van der Waals surface area contributed by atoms with Crippen molar-refractivity contribution >= 4 is 17.5 Å². The van der Waals surface area contributed by atoms with E-state index in [2.05, 4.69) is 4.37 Å². The van der Waals surface area contributed by atoms with Crippen LogP contribution >= 0.6 is 11.5 Å². The fourth-order valence-corrected chi connectivity index (χ4v) is 2.14. The fraction of sp³-hybridized carbons (Fsp3) is 0.636. The maximum Gasteiger partial charge on any atom is 0.350 e. The molecular weight excluding hydrogens is 421 g/mol. The molecule has 1 N–H and O–H groups in total. The van der Waals surface area contributed by atoms with Crippen molar-refractivity contribution in [3.63, 3.8) is 0 Å². The second-order valence-corrected chi connectivity index (χ2v) is 4.02. The zero-order valence-corrected chi connectivity index (χ0v) is 13.2. The van der Waals surface area contributed by atoms with Gasteiger partial charge in [-0.3, -0.25) is 0 Å². The Morgan fingerprint density at radius 3 is 2.59 bits per heavy atom. The number of hydrogen-bond acceptors (Lipinski definition) is 5. The standard InChI is InChI=1S/C9H11NO3S.C2H6.Pt/c1-2-13-9(12)7-6(5-3-4-5)8(11)10-14-7;1-2;/h5H,2-4H2,1H3,(H,10,11);1-2H3;. The van der Waals surface area contributed by atoms with Gasteiger partial charge >= 0.3 is 5.97 Å². The quantitative estimate of drug-likeness (QED) is 0.738. The predicted molar refractivity (Wildman–Crippen MR) is 63.1 cm³/mol. The van der Waals surface area contributed by atoms with Crippen LogP contribution in [0.5, 0.6) is 5.88 Å². The van der Waals surface area contributed by atoms with Crippen molar-refractivity contribution < 1.29 is 35.7 Å². The van der Waals surface area contributed by atoms with Crippen LogP contribution in [-0.2, 0) is 25.8 Å². The number of hydrogen-bond donors (Lipinski definition) is 1. The molecular formula is C11H17NO3PtS. The van der Waals surface area contributed by atoms with Crippen LogP contribution in [0.4, 0.5) is 0 Å². The van der Waals surface area contributed by atoms with Gasteiger partial charge < -0.3 is 9.84 Å². The van der Waals surface area contributed by atoms with Crippen molar-refractivity contribution in [2.24, 2.45) is 0 Å². The molecule has 6 heteroatoms. The molecule has 0 bridgehead atoms. The largest absolute Gasteiger partial charge is 0.492 e. The Bertz CT molecular complexity index is 364. The third kappa shape index (κ3) is 4.07. The number of rotatable bonds is 3. The van der Waals surface area contributed by atoms with E-state index < -0.39 is 0 Å². The molecule has 1 heterocycles. The zero-order valence-electron chi connectivity index (χ0n) is 10.1. The van der Waals surface area contributed by atoms with Gasteiger partial charge in [-0.15, -0.1) is 0 Å². The van der Waals surface area contributed by atoms with Crippen molar-refractivity contribution in [3.8, 4) is 5.88 Å². The van der Waals surface area contributed by atoms with Crippen molar-refractivity contribution in [3.05, 3.63) is 10.4 Å². The summed E-state index contributed by atoms with van der Waals surface area (Å²) in [5, 5.41) is 9.45. The summed E-state index contributed by atoms with van der Waals surface area (Å²) < 4.78 is 8.66. The Labute approximate surface area is 120 Å². The Morgan fingerprint density at radius 1 is 1.53 bits per heavy atom. The number of nitrogens with zero attached hydrogens (tertiary/aromatic N) is 1. The normalized spacial score (nSPS) is 13.1. The summed E-state index contributed by atoms with van der Waals surface area (Å²) in [6, 6.07) is 0. The molecule has 0 saturated heterocycles.